The van der Waals surface area contributed by atoms with Gasteiger partial charge >= 0.3 is 0 Å². The second kappa shape index (κ2) is 5.74. The smallest absolute Gasteiger partial charge is 0.00253 e. The zero-order valence-corrected chi connectivity index (χ0v) is 10.6. The zero-order valence-electron chi connectivity index (χ0n) is 8.07. The van der Waals surface area contributed by atoms with Crippen molar-refractivity contribution in [2.24, 2.45) is 0 Å². The molecule has 1 aromatic rings. The van der Waals surface area contributed by atoms with E-state index in [0.717, 1.165) is 6.54 Å². The molecule has 0 radical (unpaired) electrons. The maximum absolute atomic E-state index is 3.75. The molecule has 0 aliphatic heterocycles. The highest BCUT2D eigenvalue weighted by molar-refractivity contribution is 9.40. The molecule has 0 heterocycles. The van der Waals surface area contributed by atoms with Crippen LogP contribution in [0.15, 0.2) is 30.3 Å². The molecule has 0 spiro atoms. The summed E-state index contributed by atoms with van der Waals surface area (Å²) in [5, 5.41) is 1.43. The summed E-state index contributed by atoms with van der Waals surface area (Å²) >= 11 is 3.75. The number of hydrogen-bond acceptors (Lipinski definition) is 1. The monoisotopic (exact) mass is 259 g/mol. The molecule has 0 bridgehead atoms. The van der Waals surface area contributed by atoms with Crippen LogP contribution in [0.2, 0.25) is 0 Å². The molecule has 0 aromatic heterocycles. The largest absolute Gasteiger partial charge is 0.309 e. The van der Waals surface area contributed by atoms with Crippen molar-refractivity contribution in [2.45, 2.75) is 0 Å². The van der Waals surface area contributed by atoms with E-state index in [4.69, 9.17) is 0 Å². The fourth-order valence-corrected chi connectivity index (χ4v) is 3.52. The van der Waals surface area contributed by atoms with Gasteiger partial charge < -0.3 is 4.90 Å². The molecule has 0 aliphatic carbocycles. The molecule has 0 amide bonds. The highest BCUT2D eigenvalue weighted by Gasteiger charge is 2.05. The molecule has 1 unspecified atom stereocenters. The minimum absolute atomic E-state index is 0.137. The molecule has 1 atom stereocenters. The molecule has 1 rings (SSSR count). The van der Waals surface area contributed by atoms with Gasteiger partial charge in [0.2, 0.25) is 0 Å². The molecule has 0 aliphatic rings. The highest BCUT2D eigenvalue weighted by atomic mass is 79.9. The normalized spacial score (nSPS) is 13.2. The summed E-state index contributed by atoms with van der Waals surface area (Å²) in [7, 11) is 4.22. The van der Waals surface area contributed by atoms with Crippen LogP contribution in [0.5, 0.6) is 0 Å². The Bertz CT molecular complexity index is 238. The topological polar surface area (TPSA) is 3.24 Å². The van der Waals surface area contributed by atoms with E-state index in [1.807, 2.05) is 0 Å². The van der Waals surface area contributed by atoms with Gasteiger partial charge in [0.05, 0.1) is 0 Å². The summed E-state index contributed by atoms with van der Waals surface area (Å²) in [6.07, 6.45) is 1.21. The Morgan fingerprint density at radius 3 is 2.38 bits per heavy atom. The Kier molecular flexibility index (Phi) is 4.93. The molecule has 0 fully saturated rings. The Hall–Kier alpha value is 0.0900. The van der Waals surface area contributed by atoms with Crippen LogP contribution < -0.4 is 5.30 Å². The Labute approximate surface area is 89.6 Å². The first-order valence-corrected chi connectivity index (χ1v) is 7.88. The lowest BCUT2D eigenvalue weighted by molar-refractivity contribution is 0.437. The molecule has 1 aromatic carbocycles. The van der Waals surface area contributed by atoms with E-state index in [0.29, 0.717) is 0 Å². The van der Waals surface area contributed by atoms with Crippen molar-refractivity contribution in [3.8, 4) is 0 Å². The summed E-state index contributed by atoms with van der Waals surface area (Å²) in [5.74, 6) is 0. The molecule has 0 saturated heterocycles. The van der Waals surface area contributed by atoms with Gasteiger partial charge in [-0.15, -0.1) is 0 Å². The van der Waals surface area contributed by atoms with Crippen LogP contribution in [0.25, 0.3) is 0 Å². The van der Waals surface area contributed by atoms with Gasteiger partial charge in [-0.2, -0.15) is 0 Å². The minimum Gasteiger partial charge on any atom is -0.309 e. The Balaban J connectivity index is 2.44. The summed E-state index contributed by atoms with van der Waals surface area (Å²) in [6, 6.07) is 10.6. The van der Waals surface area contributed by atoms with Gasteiger partial charge in [0.15, 0.2) is 0 Å². The summed E-state index contributed by atoms with van der Waals surface area (Å²) in [6.45, 7) is 1.01. The van der Waals surface area contributed by atoms with Crippen LogP contribution in [-0.4, -0.2) is 31.7 Å². The van der Waals surface area contributed by atoms with E-state index in [-0.39, 0.29) is 6.62 Å². The third-order valence-electron chi connectivity index (χ3n) is 1.78. The van der Waals surface area contributed by atoms with Gasteiger partial charge in [0, 0.05) is 6.54 Å². The maximum atomic E-state index is 3.75. The maximum Gasteiger partial charge on any atom is 0.00253 e. The van der Waals surface area contributed by atoms with Crippen LogP contribution in [0.1, 0.15) is 0 Å². The molecule has 0 saturated carbocycles. The molecule has 72 valence electrons. The fourth-order valence-electron chi connectivity index (χ4n) is 1.01. The van der Waals surface area contributed by atoms with Gasteiger partial charge in [0.25, 0.3) is 0 Å². The Morgan fingerprint density at radius 1 is 1.23 bits per heavy atom. The van der Waals surface area contributed by atoms with Gasteiger partial charge in [-0.1, -0.05) is 45.8 Å². The van der Waals surface area contributed by atoms with Gasteiger partial charge in [-0.05, 0) is 32.2 Å². The number of benzene rings is 1. The minimum atomic E-state index is -0.137. The van der Waals surface area contributed by atoms with E-state index in [1.165, 1.54) is 11.5 Å². The SMILES string of the molecule is CN(C)CCP(Br)c1ccccc1. The van der Waals surface area contributed by atoms with Crippen molar-refractivity contribution in [1.29, 1.82) is 0 Å². The van der Waals surface area contributed by atoms with Crippen molar-refractivity contribution >= 4 is 27.4 Å². The van der Waals surface area contributed by atoms with Crippen LogP contribution in [0, 0.1) is 0 Å². The number of halogens is 1. The number of nitrogens with zero attached hydrogens (tertiary/aromatic N) is 1. The van der Waals surface area contributed by atoms with Crippen molar-refractivity contribution in [3.05, 3.63) is 30.3 Å². The second-order valence-electron chi connectivity index (χ2n) is 3.22. The quantitative estimate of drug-likeness (QED) is 0.752. The van der Waals surface area contributed by atoms with Crippen LogP contribution >= 0.6 is 22.1 Å². The van der Waals surface area contributed by atoms with Crippen molar-refractivity contribution in [3.63, 3.8) is 0 Å². The zero-order chi connectivity index (χ0) is 9.68. The predicted octanol–water partition coefficient (Wildman–Crippen LogP) is 2.67. The van der Waals surface area contributed by atoms with E-state index in [9.17, 15) is 0 Å². The Morgan fingerprint density at radius 2 is 1.85 bits per heavy atom. The third-order valence-corrected chi connectivity index (χ3v) is 5.52. The van der Waals surface area contributed by atoms with Gasteiger partial charge in [0.1, 0.15) is 0 Å². The van der Waals surface area contributed by atoms with E-state index < -0.39 is 0 Å². The fraction of sp³-hybridized carbons (Fsp3) is 0.400. The van der Waals surface area contributed by atoms with Crippen LogP contribution in [0.4, 0.5) is 0 Å². The number of hydrogen-bond donors (Lipinski definition) is 0. The van der Waals surface area contributed by atoms with Gasteiger partial charge in [-0.3, -0.25) is 0 Å². The average molecular weight is 260 g/mol. The summed E-state index contributed by atoms with van der Waals surface area (Å²) < 4.78 is 0. The predicted molar refractivity (Wildman–Crippen MR) is 65.3 cm³/mol. The molecule has 3 heteroatoms. The van der Waals surface area contributed by atoms with E-state index in [1.54, 1.807) is 0 Å². The van der Waals surface area contributed by atoms with Crippen LogP contribution in [0.3, 0.4) is 0 Å². The molecule has 0 N–H and O–H groups in total. The molecular weight excluding hydrogens is 245 g/mol. The lowest BCUT2D eigenvalue weighted by Gasteiger charge is -2.13. The standard InChI is InChI=1S/C10H15BrNP/c1-12(2)8-9-13(11)10-6-4-3-5-7-10/h3-7H,8-9H2,1-2H3. The first-order valence-electron chi connectivity index (χ1n) is 4.33. The summed E-state index contributed by atoms with van der Waals surface area (Å²) in [5.41, 5.74) is 0. The second-order valence-corrected chi connectivity index (χ2v) is 7.48. The van der Waals surface area contributed by atoms with Crippen molar-refractivity contribution in [1.82, 2.24) is 4.90 Å². The van der Waals surface area contributed by atoms with E-state index in [2.05, 4.69) is 64.8 Å². The lowest BCUT2D eigenvalue weighted by atomic mass is 10.4. The molecule has 13 heavy (non-hydrogen) atoms. The summed E-state index contributed by atoms with van der Waals surface area (Å²) in [4.78, 5) is 2.22. The van der Waals surface area contributed by atoms with Crippen molar-refractivity contribution < 1.29 is 0 Å². The molecular formula is C10H15BrNP. The molecule has 1 nitrogen and oxygen atoms in total. The average Bonchev–Trinajstić information content (AvgIpc) is 2.15. The van der Waals surface area contributed by atoms with Crippen molar-refractivity contribution in [2.75, 3.05) is 26.8 Å². The van der Waals surface area contributed by atoms with Gasteiger partial charge in [-0.25, -0.2) is 0 Å². The first-order chi connectivity index (χ1) is 6.20. The van der Waals surface area contributed by atoms with Crippen LogP contribution in [-0.2, 0) is 0 Å². The third kappa shape index (κ3) is 4.21. The lowest BCUT2D eigenvalue weighted by Crippen LogP contribution is -2.16. The van der Waals surface area contributed by atoms with E-state index >= 15 is 0 Å². The number of rotatable bonds is 4. The highest BCUT2D eigenvalue weighted by Crippen LogP contribution is 2.42. The first kappa shape index (κ1) is 11.2.